The molecular weight excluding hydrogens is 310 g/mol. The van der Waals surface area contributed by atoms with Crippen molar-refractivity contribution in [2.24, 2.45) is 0 Å². The molecule has 25 heavy (non-hydrogen) atoms. The first-order chi connectivity index (χ1) is 12.2. The molecule has 2 aromatic carbocycles. The van der Waals surface area contributed by atoms with E-state index in [0.29, 0.717) is 13.0 Å². The fraction of sp³-hybridized carbons (Fsp3) is 0.143. The maximum Gasteiger partial charge on any atom is 0.261 e. The Morgan fingerprint density at radius 1 is 1.24 bits per heavy atom. The van der Waals surface area contributed by atoms with E-state index in [9.17, 15) is 10.1 Å². The second kappa shape index (κ2) is 7.50. The second-order valence-corrected chi connectivity index (χ2v) is 5.95. The first kappa shape index (κ1) is 16.5. The predicted molar refractivity (Wildman–Crippen MR) is 99.8 cm³/mol. The van der Waals surface area contributed by atoms with Crippen molar-refractivity contribution in [1.29, 1.82) is 5.26 Å². The molecule has 0 spiro atoms. The fourth-order valence-electron chi connectivity index (χ4n) is 2.82. The van der Waals surface area contributed by atoms with Crippen LogP contribution >= 0.6 is 0 Å². The van der Waals surface area contributed by atoms with E-state index in [1.807, 2.05) is 61.7 Å². The molecule has 1 aromatic heterocycles. The second-order valence-electron chi connectivity index (χ2n) is 5.95. The van der Waals surface area contributed by atoms with Crippen LogP contribution in [0.1, 0.15) is 16.7 Å². The molecule has 1 amide bonds. The summed E-state index contributed by atoms with van der Waals surface area (Å²) in [6.07, 6.45) is 4.29. The number of nitrogens with one attached hydrogen (secondary N) is 2. The number of fused-ring (bicyclic) bond motifs is 1. The van der Waals surface area contributed by atoms with Crippen LogP contribution in [0, 0.1) is 18.3 Å². The van der Waals surface area contributed by atoms with Gasteiger partial charge in [-0.3, -0.25) is 4.79 Å². The van der Waals surface area contributed by atoms with Gasteiger partial charge >= 0.3 is 0 Å². The van der Waals surface area contributed by atoms with E-state index in [1.54, 1.807) is 6.08 Å². The van der Waals surface area contributed by atoms with Crippen LogP contribution in [0.25, 0.3) is 17.0 Å². The van der Waals surface area contributed by atoms with Crippen molar-refractivity contribution in [2.75, 3.05) is 6.54 Å². The van der Waals surface area contributed by atoms with Crippen molar-refractivity contribution in [3.63, 3.8) is 0 Å². The van der Waals surface area contributed by atoms with Crippen molar-refractivity contribution in [3.05, 3.63) is 77.0 Å². The Hall–Kier alpha value is -3.32. The Morgan fingerprint density at radius 3 is 2.88 bits per heavy atom. The van der Waals surface area contributed by atoms with E-state index in [2.05, 4.69) is 16.4 Å². The maximum atomic E-state index is 12.2. The molecule has 4 heteroatoms. The van der Waals surface area contributed by atoms with Crippen molar-refractivity contribution in [1.82, 2.24) is 10.3 Å². The summed E-state index contributed by atoms with van der Waals surface area (Å²) >= 11 is 0. The van der Waals surface area contributed by atoms with Crippen LogP contribution in [0.3, 0.4) is 0 Å². The standard InChI is InChI=1S/C21H19N3O/c1-15-5-4-6-16(11-15)12-18(13-22)21(25)23-10-9-17-14-24-20-8-3-2-7-19(17)20/h2-8,11-12,14,24H,9-10H2,1H3,(H,23,25)/b18-12-. The van der Waals surface area contributed by atoms with E-state index in [1.165, 1.54) is 0 Å². The molecule has 0 saturated carbocycles. The van der Waals surface area contributed by atoms with E-state index >= 15 is 0 Å². The van der Waals surface area contributed by atoms with Crippen molar-refractivity contribution in [2.45, 2.75) is 13.3 Å². The van der Waals surface area contributed by atoms with Gasteiger partial charge < -0.3 is 10.3 Å². The summed E-state index contributed by atoms with van der Waals surface area (Å²) < 4.78 is 0. The number of hydrogen-bond donors (Lipinski definition) is 2. The van der Waals surface area contributed by atoms with Gasteiger partial charge in [0.05, 0.1) is 0 Å². The number of hydrogen-bond acceptors (Lipinski definition) is 2. The Morgan fingerprint density at radius 2 is 2.08 bits per heavy atom. The normalized spacial score (nSPS) is 11.3. The van der Waals surface area contributed by atoms with E-state index < -0.39 is 0 Å². The zero-order valence-corrected chi connectivity index (χ0v) is 14.0. The molecule has 4 nitrogen and oxygen atoms in total. The Bertz CT molecular complexity index is 976. The SMILES string of the molecule is Cc1cccc(/C=C(/C#N)C(=O)NCCc2c[nH]c3ccccc23)c1. The molecule has 3 aromatic rings. The molecule has 3 rings (SSSR count). The van der Waals surface area contributed by atoms with Gasteiger partial charge in [0, 0.05) is 23.6 Å². The highest BCUT2D eigenvalue weighted by atomic mass is 16.1. The van der Waals surface area contributed by atoms with Gasteiger partial charge in [0.2, 0.25) is 0 Å². The molecule has 0 unspecified atom stereocenters. The summed E-state index contributed by atoms with van der Waals surface area (Å²) in [7, 11) is 0. The summed E-state index contributed by atoms with van der Waals surface area (Å²) in [6.45, 7) is 2.46. The summed E-state index contributed by atoms with van der Waals surface area (Å²) in [5.74, 6) is -0.344. The predicted octanol–water partition coefficient (Wildman–Crippen LogP) is 3.74. The van der Waals surface area contributed by atoms with E-state index in [0.717, 1.165) is 27.6 Å². The van der Waals surface area contributed by atoms with E-state index in [4.69, 9.17) is 0 Å². The average Bonchev–Trinajstić information content (AvgIpc) is 3.03. The number of aromatic nitrogens is 1. The molecule has 0 radical (unpaired) electrons. The highest BCUT2D eigenvalue weighted by Crippen LogP contribution is 2.17. The Labute approximate surface area is 146 Å². The van der Waals surface area contributed by atoms with Crippen LogP contribution in [0.4, 0.5) is 0 Å². The number of nitrogens with zero attached hydrogens (tertiary/aromatic N) is 1. The Balaban J connectivity index is 1.64. The number of carbonyl (C=O) groups excluding carboxylic acids is 1. The number of para-hydroxylation sites is 1. The smallest absolute Gasteiger partial charge is 0.261 e. The number of aromatic amines is 1. The zero-order chi connectivity index (χ0) is 17.6. The first-order valence-electron chi connectivity index (χ1n) is 8.19. The number of H-pyrrole nitrogens is 1. The summed E-state index contributed by atoms with van der Waals surface area (Å²) in [6, 6.07) is 17.8. The van der Waals surface area contributed by atoms with Gasteiger partial charge in [0.1, 0.15) is 11.6 Å². The molecule has 0 fully saturated rings. The van der Waals surface area contributed by atoms with Crippen LogP contribution in [0.15, 0.2) is 60.3 Å². The minimum Gasteiger partial charge on any atom is -0.361 e. The van der Waals surface area contributed by atoms with Crippen LogP contribution in [0.2, 0.25) is 0 Å². The monoisotopic (exact) mass is 329 g/mol. The summed E-state index contributed by atoms with van der Waals surface area (Å²) in [5.41, 5.74) is 4.29. The number of amides is 1. The van der Waals surface area contributed by atoms with Crippen LogP contribution < -0.4 is 5.32 Å². The molecule has 0 atom stereocenters. The molecule has 0 bridgehead atoms. The van der Waals surface area contributed by atoms with Gasteiger partial charge in [-0.15, -0.1) is 0 Å². The van der Waals surface area contributed by atoms with Crippen molar-refractivity contribution in [3.8, 4) is 6.07 Å². The lowest BCUT2D eigenvalue weighted by Crippen LogP contribution is -2.26. The topological polar surface area (TPSA) is 68.7 Å². The lowest BCUT2D eigenvalue weighted by molar-refractivity contribution is -0.117. The lowest BCUT2D eigenvalue weighted by Gasteiger charge is -2.04. The third-order valence-electron chi connectivity index (χ3n) is 4.07. The quantitative estimate of drug-likeness (QED) is 0.553. The van der Waals surface area contributed by atoms with Crippen molar-refractivity contribution < 1.29 is 4.79 Å². The minimum atomic E-state index is -0.344. The van der Waals surface area contributed by atoms with Gasteiger partial charge in [-0.2, -0.15) is 5.26 Å². The molecule has 2 N–H and O–H groups in total. The number of benzene rings is 2. The van der Waals surface area contributed by atoms with Crippen LogP contribution in [0.5, 0.6) is 0 Å². The average molecular weight is 329 g/mol. The third kappa shape index (κ3) is 3.96. The third-order valence-corrected chi connectivity index (χ3v) is 4.07. The van der Waals surface area contributed by atoms with Gasteiger partial charge in [0.25, 0.3) is 5.91 Å². The number of carbonyl (C=O) groups is 1. The summed E-state index contributed by atoms with van der Waals surface area (Å²) in [5, 5.41) is 13.3. The highest BCUT2D eigenvalue weighted by Gasteiger charge is 2.09. The zero-order valence-electron chi connectivity index (χ0n) is 14.0. The first-order valence-corrected chi connectivity index (χ1v) is 8.19. The van der Waals surface area contributed by atoms with Crippen molar-refractivity contribution >= 4 is 22.9 Å². The molecule has 124 valence electrons. The molecule has 1 heterocycles. The van der Waals surface area contributed by atoms with Gasteiger partial charge in [-0.25, -0.2) is 0 Å². The van der Waals surface area contributed by atoms with Gasteiger partial charge in [0.15, 0.2) is 0 Å². The molecule has 0 aliphatic carbocycles. The fourth-order valence-corrected chi connectivity index (χ4v) is 2.82. The lowest BCUT2D eigenvalue weighted by atomic mass is 10.1. The molecular formula is C21H19N3O. The Kier molecular flexibility index (Phi) is 4.96. The minimum absolute atomic E-state index is 0.115. The number of rotatable bonds is 5. The van der Waals surface area contributed by atoms with Gasteiger partial charge in [-0.1, -0.05) is 48.0 Å². The highest BCUT2D eigenvalue weighted by molar-refractivity contribution is 6.01. The number of aryl methyl sites for hydroxylation is 1. The molecule has 0 saturated heterocycles. The summed E-state index contributed by atoms with van der Waals surface area (Å²) in [4.78, 5) is 15.5. The van der Waals surface area contributed by atoms with Crippen LogP contribution in [-0.4, -0.2) is 17.4 Å². The van der Waals surface area contributed by atoms with E-state index in [-0.39, 0.29) is 11.5 Å². The maximum absolute atomic E-state index is 12.2. The van der Waals surface area contributed by atoms with Gasteiger partial charge in [-0.05, 0) is 36.6 Å². The largest absolute Gasteiger partial charge is 0.361 e. The molecule has 0 aliphatic rings. The van der Waals surface area contributed by atoms with Crippen LogP contribution in [-0.2, 0) is 11.2 Å². The number of nitriles is 1. The molecule has 0 aliphatic heterocycles.